The number of nitrogens with one attached hydrogen (secondary N) is 2. The fourth-order valence-corrected chi connectivity index (χ4v) is 4.60. The summed E-state index contributed by atoms with van der Waals surface area (Å²) in [6, 6.07) is 3.55. The van der Waals surface area contributed by atoms with Crippen LogP contribution in [0.15, 0.2) is 24.3 Å². The number of ether oxygens (including phenoxy) is 3. The third-order valence-corrected chi connectivity index (χ3v) is 6.11. The summed E-state index contributed by atoms with van der Waals surface area (Å²) in [7, 11) is -3.47. The molecule has 0 aliphatic carbocycles. The molecule has 2 saturated heterocycles. The number of rotatable bonds is 6. The Morgan fingerprint density at radius 1 is 1.24 bits per heavy atom. The quantitative estimate of drug-likeness (QED) is 0.705. The minimum atomic E-state index is -4.54. The van der Waals surface area contributed by atoms with Crippen molar-refractivity contribution in [2.75, 3.05) is 24.3 Å². The van der Waals surface area contributed by atoms with Crippen LogP contribution in [-0.4, -0.2) is 57.8 Å². The molecule has 1 aromatic rings. The van der Waals surface area contributed by atoms with Crippen LogP contribution in [0.2, 0.25) is 0 Å². The monoisotopic (exact) mass is 438 g/mol. The molecule has 0 aromatic heterocycles. The Labute approximate surface area is 165 Å². The van der Waals surface area contributed by atoms with E-state index in [1.807, 2.05) is 0 Å². The maximum Gasteiger partial charge on any atom is 0.416 e. The Kier molecular flexibility index (Phi) is 6.36. The van der Waals surface area contributed by atoms with E-state index in [4.69, 9.17) is 14.2 Å². The van der Waals surface area contributed by atoms with Gasteiger partial charge in [0.2, 0.25) is 10.0 Å². The van der Waals surface area contributed by atoms with Gasteiger partial charge in [-0.3, -0.25) is 5.32 Å². The van der Waals surface area contributed by atoms with Gasteiger partial charge >= 0.3 is 12.3 Å². The normalized spacial score (nSPS) is 26.9. The molecule has 2 aliphatic heterocycles. The molecule has 162 valence electrons. The first-order valence-corrected chi connectivity index (χ1v) is 10.6. The number of fused-ring (bicyclic) bond motifs is 1. The summed E-state index contributed by atoms with van der Waals surface area (Å²) in [6.07, 6.45) is -7.14. The molecule has 1 aromatic carbocycles. The number of amides is 1. The van der Waals surface area contributed by atoms with Gasteiger partial charge in [0.15, 0.2) is 6.10 Å². The van der Waals surface area contributed by atoms with E-state index in [9.17, 15) is 26.4 Å². The van der Waals surface area contributed by atoms with E-state index in [-0.39, 0.29) is 24.7 Å². The molecule has 1 amide bonds. The Morgan fingerprint density at radius 3 is 2.66 bits per heavy atom. The Bertz CT molecular complexity index is 848. The number of sulfonamides is 1. The number of halogens is 3. The lowest BCUT2D eigenvalue weighted by Crippen LogP contribution is -2.45. The zero-order valence-corrected chi connectivity index (χ0v) is 16.3. The van der Waals surface area contributed by atoms with Crippen molar-refractivity contribution in [3.63, 3.8) is 0 Å². The van der Waals surface area contributed by atoms with Crippen LogP contribution in [0.1, 0.15) is 18.9 Å². The smallest absolute Gasteiger partial charge is 0.416 e. The molecule has 12 heteroatoms. The van der Waals surface area contributed by atoms with Gasteiger partial charge in [0.25, 0.3) is 0 Å². The highest BCUT2D eigenvalue weighted by atomic mass is 32.2. The average Bonchev–Trinajstić information content (AvgIpc) is 3.18. The molecule has 0 saturated carbocycles. The number of alkyl halides is 3. The van der Waals surface area contributed by atoms with Crippen LogP contribution in [0.25, 0.3) is 0 Å². The molecule has 0 radical (unpaired) electrons. The topological polar surface area (TPSA) is 103 Å². The van der Waals surface area contributed by atoms with Crippen LogP contribution in [-0.2, 0) is 30.4 Å². The van der Waals surface area contributed by atoms with Gasteiger partial charge in [-0.1, -0.05) is 13.0 Å². The van der Waals surface area contributed by atoms with Gasteiger partial charge < -0.3 is 14.2 Å². The van der Waals surface area contributed by atoms with Crippen LogP contribution in [0.3, 0.4) is 0 Å². The van der Waals surface area contributed by atoms with Crippen molar-refractivity contribution in [2.45, 2.75) is 43.9 Å². The van der Waals surface area contributed by atoms with Crippen molar-refractivity contribution in [1.29, 1.82) is 0 Å². The van der Waals surface area contributed by atoms with Crippen molar-refractivity contribution in [3.05, 3.63) is 29.8 Å². The van der Waals surface area contributed by atoms with Gasteiger partial charge in [0.1, 0.15) is 12.2 Å². The molecular formula is C17H21F3N2O6S. The highest BCUT2D eigenvalue weighted by Crippen LogP contribution is 2.31. The molecule has 2 heterocycles. The number of benzene rings is 1. The van der Waals surface area contributed by atoms with E-state index in [0.717, 1.165) is 12.1 Å². The van der Waals surface area contributed by atoms with Crippen LogP contribution in [0.4, 0.5) is 23.7 Å². The van der Waals surface area contributed by atoms with E-state index < -0.39 is 52.2 Å². The minimum Gasteiger partial charge on any atom is -0.441 e. The summed E-state index contributed by atoms with van der Waals surface area (Å²) >= 11 is 0. The number of anilines is 1. The molecule has 2 aliphatic rings. The second kappa shape index (κ2) is 8.46. The van der Waals surface area contributed by atoms with Gasteiger partial charge in [-0.05, 0) is 24.6 Å². The fourth-order valence-electron chi connectivity index (χ4n) is 3.28. The molecule has 3 rings (SSSR count). The molecule has 29 heavy (non-hydrogen) atoms. The molecule has 8 nitrogen and oxygen atoms in total. The summed E-state index contributed by atoms with van der Waals surface area (Å²) in [5, 5.41) is 2.24. The molecule has 2 fully saturated rings. The molecule has 2 N–H and O–H groups in total. The van der Waals surface area contributed by atoms with Crippen molar-refractivity contribution in [1.82, 2.24) is 4.72 Å². The molecule has 0 bridgehead atoms. The lowest BCUT2D eigenvalue weighted by atomic mass is 10.1. The zero-order chi connectivity index (χ0) is 21.2. The summed E-state index contributed by atoms with van der Waals surface area (Å²) in [5.74, 6) is -0.0276. The average molecular weight is 438 g/mol. The van der Waals surface area contributed by atoms with Gasteiger partial charge in [-0.2, -0.15) is 13.2 Å². The second-order valence-corrected chi connectivity index (χ2v) is 8.66. The third-order valence-electron chi connectivity index (χ3n) is 4.51. The van der Waals surface area contributed by atoms with Crippen molar-refractivity contribution >= 4 is 21.8 Å². The highest BCUT2D eigenvalue weighted by molar-refractivity contribution is 7.89. The zero-order valence-electron chi connectivity index (χ0n) is 15.4. The highest BCUT2D eigenvalue weighted by Gasteiger charge is 2.50. The van der Waals surface area contributed by atoms with Crippen LogP contribution < -0.4 is 10.0 Å². The van der Waals surface area contributed by atoms with Crippen LogP contribution in [0, 0.1) is 0 Å². The first-order valence-electron chi connectivity index (χ1n) is 8.97. The Morgan fingerprint density at radius 2 is 1.97 bits per heavy atom. The predicted octanol–water partition coefficient (Wildman–Crippen LogP) is 2.12. The molecular weight excluding hydrogens is 417 g/mol. The lowest BCUT2D eigenvalue weighted by Gasteiger charge is -2.18. The first kappa shape index (κ1) is 21.8. The largest absolute Gasteiger partial charge is 0.441 e. The van der Waals surface area contributed by atoms with Gasteiger partial charge in [-0.15, -0.1) is 0 Å². The maximum absolute atomic E-state index is 12.8. The van der Waals surface area contributed by atoms with E-state index in [1.165, 1.54) is 12.1 Å². The van der Waals surface area contributed by atoms with Crippen molar-refractivity contribution < 1.29 is 40.6 Å². The van der Waals surface area contributed by atoms with Gasteiger partial charge in [0.05, 0.1) is 30.6 Å². The Balaban J connectivity index is 1.57. The Hall–Kier alpha value is -1.89. The molecule has 4 atom stereocenters. The lowest BCUT2D eigenvalue weighted by molar-refractivity contribution is -0.137. The molecule has 0 unspecified atom stereocenters. The number of carbonyl (C=O) groups excluding carboxylic acids is 1. The summed E-state index contributed by atoms with van der Waals surface area (Å²) in [6.45, 7) is 1.79. The van der Waals surface area contributed by atoms with Crippen molar-refractivity contribution in [2.24, 2.45) is 0 Å². The second-order valence-electron chi connectivity index (χ2n) is 6.79. The van der Waals surface area contributed by atoms with Crippen LogP contribution >= 0.6 is 0 Å². The molecule has 0 spiro atoms. The third kappa shape index (κ3) is 5.38. The minimum absolute atomic E-state index is 0.0165. The maximum atomic E-state index is 12.8. The summed E-state index contributed by atoms with van der Waals surface area (Å²) in [4.78, 5) is 12.1. The van der Waals surface area contributed by atoms with Gasteiger partial charge in [-0.25, -0.2) is 17.9 Å². The van der Waals surface area contributed by atoms with E-state index in [1.54, 1.807) is 6.92 Å². The number of hydrogen-bond donors (Lipinski definition) is 2. The number of hydrogen-bond acceptors (Lipinski definition) is 6. The van der Waals surface area contributed by atoms with Crippen molar-refractivity contribution in [3.8, 4) is 0 Å². The van der Waals surface area contributed by atoms with E-state index >= 15 is 0 Å². The predicted molar refractivity (Wildman–Crippen MR) is 95.8 cm³/mol. The summed E-state index contributed by atoms with van der Waals surface area (Å²) < 4.78 is 81.0. The number of carbonyl (C=O) groups is 1. The standard InChI is InChI=1S/C17H21F3N2O6S/c1-2-6-29(24,25)22-12-8-26-15-13(9-27-14(12)15)28-16(23)21-11-5-3-4-10(7-11)17(18,19)20/h3-5,7,12-15,22H,2,6,8-9H2,1H3,(H,21,23)/t12-,13+,14+,15+/m0/s1. The summed E-state index contributed by atoms with van der Waals surface area (Å²) in [5.41, 5.74) is -0.973. The van der Waals surface area contributed by atoms with Crippen LogP contribution in [0.5, 0.6) is 0 Å². The SMILES string of the molecule is CCCS(=O)(=O)N[C@H]1CO[C@H]2[C@@H]1OC[C@H]2OC(=O)Nc1cccc(C(F)(F)F)c1. The van der Waals surface area contributed by atoms with Gasteiger partial charge in [0, 0.05) is 5.69 Å². The fraction of sp³-hybridized carbons (Fsp3) is 0.588. The van der Waals surface area contributed by atoms with E-state index in [0.29, 0.717) is 6.42 Å². The first-order chi connectivity index (χ1) is 13.6. The van der Waals surface area contributed by atoms with E-state index in [2.05, 4.69) is 10.0 Å².